The SMILES string of the molecule is N#Cc1cc2c(nc1SC1CC1)CCC2. The minimum atomic E-state index is 0.726. The molecule has 0 unspecified atom stereocenters. The van der Waals surface area contributed by atoms with E-state index in [2.05, 4.69) is 17.1 Å². The summed E-state index contributed by atoms with van der Waals surface area (Å²) in [4.78, 5) is 4.64. The van der Waals surface area contributed by atoms with Gasteiger partial charge in [-0.15, -0.1) is 11.8 Å². The summed E-state index contributed by atoms with van der Waals surface area (Å²) >= 11 is 1.79. The fourth-order valence-corrected chi connectivity index (χ4v) is 3.05. The zero-order valence-corrected chi connectivity index (χ0v) is 9.31. The Bertz CT molecular complexity index is 444. The number of rotatable bonds is 2. The van der Waals surface area contributed by atoms with Crippen molar-refractivity contribution in [3.63, 3.8) is 0 Å². The van der Waals surface area contributed by atoms with Gasteiger partial charge in [0, 0.05) is 10.9 Å². The summed E-state index contributed by atoms with van der Waals surface area (Å²) in [5.41, 5.74) is 3.32. The third kappa shape index (κ3) is 1.74. The molecule has 0 amide bonds. The average molecular weight is 216 g/mol. The van der Waals surface area contributed by atoms with Crippen molar-refractivity contribution in [2.45, 2.75) is 42.4 Å². The third-order valence-electron chi connectivity index (χ3n) is 2.94. The number of fused-ring (bicyclic) bond motifs is 1. The highest BCUT2D eigenvalue weighted by Crippen LogP contribution is 2.40. The van der Waals surface area contributed by atoms with Crippen LogP contribution in [0.2, 0.25) is 0 Å². The Kier molecular flexibility index (Phi) is 2.17. The first-order valence-electron chi connectivity index (χ1n) is 5.46. The van der Waals surface area contributed by atoms with E-state index in [0.717, 1.165) is 28.7 Å². The van der Waals surface area contributed by atoms with Gasteiger partial charge in [-0.25, -0.2) is 4.98 Å². The minimum absolute atomic E-state index is 0.726. The zero-order chi connectivity index (χ0) is 10.3. The van der Waals surface area contributed by atoms with Gasteiger partial charge >= 0.3 is 0 Å². The molecule has 0 aliphatic heterocycles. The second-order valence-electron chi connectivity index (χ2n) is 4.23. The highest BCUT2D eigenvalue weighted by atomic mass is 32.2. The number of aryl methyl sites for hydroxylation is 2. The summed E-state index contributed by atoms with van der Waals surface area (Å²) in [6.45, 7) is 0. The van der Waals surface area contributed by atoms with Gasteiger partial charge in [0.15, 0.2) is 0 Å². The van der Waals surface area contributed by atoms with Gasteiger partial charge in [0.05, 0.1) is 5.56 Å². The number of nitriles is 1. The number of hydrogen-bond acceptors (Lipinski definition) is 3. The molecule has 0 saturated heterocycles. The van der Waals surface area contributed by atoms with Crippen molar-refractivity contribution in [3.8, 4) is 6.07 Å². The van der Waals surface area contributed by atoms with E-state index in [0.29, 0.717) is 0 Å². The van der Waals surface area contributed by atoms with E-state index in [4.69, 9.17) is 5.26 Å². The normalized spacial score (nSPS) is 18.6. The summed E-state index contributed by atoms with van der Waals surface area (Å²) < 4.78 is 0. The average Bonchev–Trinajstić information content (AvgIpc) is 2.94. The van der Waals surface area contributed by atoms with Crippen molar-refractivity contribution in [2.24, 2.45) is 0 Å². The summed E-state index contributed by atoms with van der Waals surface area (Å²) in [6.07, 6.45) is 5.97. The standard InChI is InChI=1S/C12H12N2S/c13-7-9-6-8-2-1-3-11(8)14-12(9)15-10-4-5-10/h6,10H,1-5H2. The minimum Gasteiger partial charge on any atom is -0.245 e. The molecule has 76 valence electrons. The number of hydrogen-bond donors (Lipinski definition) is 0. The molecule has 0 spiro atoms. The maximum absolute atomic E-state index is 9.08. The summed E-state index contributed by atoms with van der Waals surface area (Å²) in [7, 11) is 0. The van der Waals surface area contributed by atoms with Crippen molar-refractivity contribution in [1.29, 1.82) is 5.26 Å². The van der Waals surface area contributed by atoms with Crippen molar-refractivity contribution in [1.82, 2.24) is 4.98 Å². The van der Waals surface area contributed by atoms with Gasteiger partial charge in [-0.05, 0) is 43.7 Å². The Morgan fingerprint density at radius 3 is 3.00 bits per heavy atom. The van der Waals surface area contributed by atoms with Crippen LogP contribution in [0.15, 0.2) is 11.1 Å². The van der Waals surface area contributed by atoms with Crippen LogP contribution in [0.4, 0.5) is 0 Å². The molecule has 0 aromatic carbocycles. The molecule has 0 bridgehead atoms. The van der Waals surface area contributed by atoms with Gasteiger partial charge in [-0.3, -0.25) is 0 Å². The van der Waals surface area contributed by atoms with Crippen LogP contribution in [0, 0.1) is 11.3 Å². The van der Waals surface area contributed by atoms with Crippen molar-refractivity contribution in [3.05, 3.63) is 22.9 Å². The van der Waals surface area contributed by atoms with Crippen molar-refractivity contribution >= 4 is 11.8 Å². The molecule has 1 heterocycles. The Hall–Kier alpha value is -1.01. The van der Waals surface area contributed by atoms with Crippen LogP contribution in [0.5, 0.6) is 0 Å². The van der Waals surface area contributed by atoms with Crippen LogP contribution in [0.1, 0.15) is 36.1 Å². The second kappa shape index (κ2) is 3.53. The van der Waals surface area contributed by atoms with Gasteiger partial charge in [0.1, 0.15) is 11.1 Å². The molecular formula is C12H12N2S. The maximum Gasteiger partial charge on any atom is 0.114 e. The summed E-state index contributed by atoms with van der Waals surface area (Å²) in [5.74, 6) is 0. The van der Waals surface area contributed by atoms with E-state index in [1.54, 1.807) is 11.8 Å². The van der Waals surface area contributed by atoms with Crippen LogP contribution >= 0.6 is 11.8 Å². The number of thioether (sulfide) groups is 1. The van der Waals surface area contributed by atoms with Crippen LogP contribution in [0.3, 0.4) is 0 Å². The molecule has 1 fully saturated rings. The van der Waals surface area contributed by atoms with Gasteiger partial charge in [-0.2, -0.15) is 5.26 Å². The van der Waals surface area contributed by atoms with Crippen LogP contribution in [-0.4, -0.2) is 10.2 Å². The van der Waals surface area contributed by atoms with E-state index in [-0.39, 0.29) is 0 Å². The van der Waals surface area contributed by atoms with Crippen LogP contribution < -0.4 is 0 Å². The molecule has 2 aliphatic rings. The van der Waals surface area contributed by atoms with Gasteiger partial charge in [-0.1, -0.05) is 0 Å². The van der Waals surface area contributed by atoms with Gasteiger partial charge in [0.25, 0.3) is 0 Å². The van der Waals surface area contributed by atoms with E-state index in [1.165, 1.54) is 30.5 Å². The van der Waals surface area contributed by atoms with Crippen LogP contribution in [-0.2, 0) is 12.8 Å². The lowest BCUT2D eigenvalue weighted by molar-refractivity contribution is 0.891. The Morgan fingerprint density at radius 1 is 1.40 bits per heavy atom. The predicted octanol–water partition coefficient (Wildman–Crippen LogP) is 2.70. The summed E-state index contributed by atoms with van der Waals surface area (Å²) in [5, 5.41) is 10.8. The second-order valence-corrected chi connectivity index (χ2v) is 5.52. The lowest BCUT2D eigenvalue weighted by atomic mass is 10.2. The smallest absolute Gasteiger partial charge is 0.114 e. The topological polar surface area (TPSA) is 36.7 Å². The molecule has 0 radical (unpaired) electrons. The third-order valence-corrected chi connectivity index (χ3v) is 4.28. The molecule has 3 heteroatoms. The first-order chi connectivity index (χ1) is 7.36. The quantitative estimate of drug-likeness (QED) is 0.762. The van der Waals surface area contributed by atoms with Crippen molar-refractivity contribution in [2.75, 3.05) is 0 Å². The Balaban J connectivity index is 2.00. The lowest BCUT2D eigenvalue weighted by Gasteiger charge is -2.05. The van der Waals surface area contributed by atoms with E-state index in [9.17, 15) is 0 Å². The molecule has 0 atom stereocenters. The largest absolute Gasteiger partial charge is 0.245 e. The molecule has 1 saturated carbocycles. The maximum atomic E-state index is 9.08. The molecule has 0 N–H and O–H groups in total. The van der Waals surface area contributed by atoms with Gasteiger partial charge in [0.2, 0.25) is 0 Å². The molecule has 3 rings (SSSR count). The molecule has 2 nitrogen and oxygen atoms in total. The number of pyridine rings is 1. The monoisotopic (exact) mass is 216 g/mol. The number of aromatic nitrogens is 1. The number of nitrogens with zero attached hydrogens (tertiary/aromatic N) is 2. The lowest BCUT2D eigenvalue weighted by Crippen LogP contribution is -1.95. The molecular weight excluding hydrogens is 204 g/mol. The first kappa shape index (κ1) is 9.23. The van der Waals surface area contributed by atoms with E-state index in [1.807, 2.05) is 0 Å². The zero-order valence-electron chi connectivity index (χ0n) is 8.49. The first-order valence-corrected chi connectivity index (χ1v) is 6.34. The summed E-state index contributed by atoms with van der Waals surface area (Å²) in [6, 6.07) is 4.33. The highest BCUT2D eigenvalue weighted by molar-refractivity contribution is 8.00. The Labute approximate surface area is 93.7 Å². The molecule has 1 aromatic rings. The van der Waals surface area contributed by atoms with Gasteiger partial charge < -0.3 is 0 Å². The van der Waals surface area contributed by atoms with E-state index >= 15 is 0 Å². The fraction of sp³-hybridized carbons (Fsp3) is 0.500. The molecule has 1 aromatic heterocycles. The molecule has 2 aliphatic carbocycles. The highest BCUT2D eigenvalue weighted by Gasteiger charge is 2.26. The van der Waals surface area contributed by atoms with Crippen molar-refractivity contribution < 1.29 is 0 Å². The van der Waals surface area contributed by atoms with E-state index < -0.39 is 0 Å². The fourth-order valence-electron chi connectivity index (χ4n) is 1.97. The molecule has 15 heavy (non-hydrogen) atoms. The van der Waals surface area contributed by atoms with Crippen LogP contribution in [0.25, 0.3) is 0 Å². The predicted molar refractivity (Wildman–Crippen MR) is 59.9 cm³/mol. The Morgan fingerprint density at radius 2 is 2.27 bits per heavy atom.